The van der Waals surface area contributed by atoms with Crippen LogP contribution in [-0.4, -0.2) is 6.61 Å². The summed E-state index contributed by atoms with van der Waals surface area (Å²) in [7, 11) is 0. The molecule has 3 atom stereocenters. The molecule has 0 amide bonds. The predicted molar refractivity (Wildman–Crippen MR) is 95.1 cm³/mol. The first-order valence-electron chi connectivity index (χ1n) is 8.53. The standard InChI is InChI=1S/C21H23NO/c1-3-23-19-12-6-11-18-16-9-5-10-17(16)20(22-21(18)19)15-8-4-7-14(2)13-15/h4-9,11-13,16-17,20,22H,3,10H2,1-2H3. The van der Waals surface area contributed by atoms with Crippen LogP contribution in [0, 0.1) is 12.8 Å². The molecule has 118 valence electrons. The molecule has 2 nitrogen and oxygen atoms in total. The van der Waals surface area contributed by atoms with Crippen LogP contribution < -0.4 is 10.1 Å². The van der Waals surface area contributed by atoms with Crippen molar-refractivity contribution in [1.82, 2.24) is 0 Å². The monoisotopic (exact) mass is 305 g/mol. The largest absolute Gasteiger partial charge is 0.492 e. The Labute approximate surface area is 138 Å². The van der Waals surface area contributed by atoms with Gasteiger partial charge in [-0.3, -0.25) is 0 Å². The van der Waals surface area contributed by atoms with E-state index in [0.717, 1.165) is 12.2 Å². The van der Waals surface area contributed by atoms with Crippen molar-refractivity contribution in [2.75, 3.05) is 11.9 Å². The molecule has 0 spiro atoms. The average Bonchev–Trinajstić information content (AvgIpc) is 3.04. The number of rotatable bonds is 3. The second-order valence-electron chi connectivity index (χ2n) is 6.54. The Morgan fingerprint density at radius 1 is 1.17 bits per heavy atom. The van der Waals surface area contributed by atoms with Crippen molar-refractivity contribution in [2.45, 2.75) is 32.2 Å². The third-order valence-electron chi connectivity index (χ3n) is 5.06. The lowest BCUT2D eigenvalue weighted by atomic mass is 9.76. The van der Waals surface area contributed by atoms with Gasteiger partial charge < -0.3 is 10.1 Å². The van der Waals surface area contributed by atoms with Crippen LogP contribution in [0.5, 0.6) is 5.75 Å². The summed E-state index contributed by atoms with van der Waals surface area (Å²) in [4.78, 5) is 0. The molecule has 1 heterocycles. The van der Waals surface area contributed by atoms with Crippen molar-refractivity contribution in [3.63, 3.8) is 0 Å². The molecular formula is C21H23NO. The van der Waals surface area contributed by atoms with Gasteiger partial charge in [-0.05, 0) is 43.4 Å². The van der Waals surface area contributed by atoms with E-state index in [2.05, 4.69) is 66.9 Å². The summed E-state index contributed by atoms with van der Waals surface area (Å²) < 4.78 is 5.87. The van der Waals surface area contributed by atoms with Gasteiger partial charge in [-0.25, -0.2) is 0 Å². The molecule has 3 unspecified atom stereocenters. The Balaban J connectivity index is 1.80. The number of ether oxygens (including phenoxy) is 1. The van der Waals surface area contributed by atoms with Crippen LogP contribution in [0.15, 0.2) is 54.6 Å². The molecule has 1 aliphatic carbocycles. The van der Waals surface area contributed by atoms with E-state index < -0.39 is 0 Å². The maximum absolute atomic E-state index is 5.87. The van der Waals surface area contributed by atoms with Crippen LogP contribution >= 0.6 is 0 Å². The third-order valence-corrected chi connectivity index (χ3v) is 5.06. The highest BCUT2D eigenvalue weighted by atomic mass is 16.5. The Morgan fingerprint density at radius 2 is 2.04 bits per heavy atom. The molecule has 2 aromatic carbocycles. The highest BCUT2D eigenvalue weighted by Crippen LogP contribution is 2.52. The van der Waals surface area contributed by atoms with E-state index in [1.54, 1.807) is 0 Å². The molecule has 4 rings (SSSR count). The molecular weight excluding hydrogens is 282 g/mol. The number of benzene rings is 2. The predicted octanol–water partition coefficient (Wildman–Crippen LogP) is 5.22. The van der Waals surface area contributed by atoms with Gasteiger partial charge in [0.25, 0.3) is 0 Å². The van der Waals surface area contributed by atoms with Gasteiger partial charge in [-0.15, -0.1) is 0 Å². The first-order valence-corrected chi connectivity index (χ1v) is 8.53. The minimum absolute atomic E-state index is 0.337. The smallest absolute Gasteiger partial charge is 0.142 e. The zero-order valence-electron chi connectivity index (χ0n) is 13.8. The van der Waals surface area contributed by atoms with Crippen LogP contribution in [0.4, 0.5) is 5.69 Å². The molecule has 2 aromatic rings. The lowest BCUT2D eigenvalue weighted by molar-refractivity contribution is 0.337. The minimum atomic E-state index is 0.337. The van der Waals surface area contributed by atoms with Gasteiger partial charge in [0, 0.05) is 5.92 Å². The summed E-state index contributed by atoms with van der Waals surface area (Å²) in [5, 5.41) is 3.80. The fourth-order valence-electron chi connectivity index (χ4n) is 4.06. The summed E-state index contributed by atoms with van der Waals surface area (Å²) in [5.41, 5.74) is 5.24. The van der Waals surface area contributed by atoms with E-state index in [4.69, 9.17) is 4.74 Å². The maximum atomic E-state index is 5.87. The quantitative estimate of drug-likeness (QED) is 0.785. The Kier molecular flexibility index (Phi) is 3.60. The summed E-state index contributed by atoms with van der Waals surface area (Å²) in [6.07, 6.45) is 5.85. The number of hydrogen-bond acceptors (Lipinski definition) is 2. The van der Waals surface area contributed by atoms with Gasteiger partial charge in [0.1, 0.15) is 5.75 Å². The summed E-state index contributed by atoms with van der Waals surface area (Å²) >= 11 is 0. The number of hydrogen-bond donors (Lipinski definition) is 1. The summed E-state index contributed by atoms with van der Waals surface area (Å²) in [6, 6.07) is 15.6. The number of allylic oxidation sites excluding steroid dienone is 2. The van der Waals surface area contributed by atoms with Crippen LogP contribution in [0.1, 0.15) is 42.0 Å². The number of nitrogens with one attached hydrogen (secondary N) is 1. The van der Waals surface area contributed by atoms with Gasteiger partial charge in [-0.1, -0.05) is 54.1 Å². The number of aryl methyl sites for hydroxylation is 1. The Bertz CT molecular complexity index is 749. The average molecular weight is 305 g/mol. The van der Waals surface area contributed by atoms with E-state index in [-0.39, 0.29) is 0 Å². The Morgan fingerprint density at radius 3 is 2.87 bits per heavy atom. The fourth-order valence-corrected chi connectivity index (χ4v) is 4.06. The molecule has 0 bridgehead atoms. The Hall–Kier alpha value is -2.22. The molecule has 2 aliphatic rings. The zero-order valence-corrected chi connectivity index (χ0v) is 13.8. The van der Waals surface area contributed by atoms with Gasteiger partial charge in [0.2, 0.25) is 0 Å². The molecule has 0 fully saturated rings. The van der Waals surface area contributed by atoms with Crippen molar-refractivity contribution >= 4 is 5.69 Å². The first-order chi connectivity index (χ1) is 11.3. The van der Waals surface area contributed by atoms with Gasteiger partial charge in [0.15, 0.2) is 0 Å². The molecule has 1 aliphatic heterocycles. The summed E-state index contributed by atoms with van der Waals surface area (Å²) in [5.74, 6) is 2.04. The van der Waals surface area contributed by atoms with Gasteiger partial charge >= 0.3 is 0 Å². The van der Waals surface area contributed by atoms with E-state index in [1.165, 1.54) is 22.4 Å². The van der Waals surface area contributed by atoms with Crippen LogP contribution in [0.2, 0.25) is 0 Å². The molecule has 0 saturated heterocycles. The second kappa shape index (κ2) is 5.77. The maximum Gasteiger partial charge on any atom is 0.142 e. The second-order valence-corrected chi connectivity index (χ2v) is 6.54. The van der Waals surface area contributed by atoms with Crippen molar-refractivity contribution in [1.29, 1.82) is 0 Å². The van der Waals surface area contributed by atoms with E-state index >= 15 is 0 Å². The van der Waals surface area contributed by atoms with Crippen molar-refractivity contribution < 1.29 is 4.74 Å². The lowest BCUT2D eigenvalue weighted by Gasteiger charge is -2.38. The fraction of sp³-hybridized carbons (Fsp3) is 0.333. The van der Waals surface area contributed by atoms with Crippen LogP contribution in [0.3, 0.4) is 0 Å². The normalized spacial score (nSPS) is 24.7. The van der Waals surface area contributed by atoms with Crippen molar-refractivity contribution in [3.05, 3.63) is 71.3 Å². The SMILES string of the molecule is CCOc1cccc2c1NC(c1cccc(C)c1)C1CC=CC21. The van der Waals surface area contributed by atoms with E-state index in [0.29, 0.717) is 24.5 Å². The van der Waals surface area contributed by atoms with Crippen molar-refractivity contribution in [3.8, 4) is 5.75 Å². The van der Waals surface area contributed by atoms with Crippen molar-refractivity contribution in [2.24, 2.45) is 5.92 Å². The number of anilines is 1. The molecule has 1 N–H and O–H groups in total. The molecule has 2 heteroatoms. The highest BCUT2D eigenvalue weighted by Gasteiger charge is 2.38. The van der Waals surface area contributed by atoms with Crippen LogP contribution in [-0.2, 0) is 0 Å². The van der Waals surface area contributed by atoms with Gasteiger partial charge in [0.05, 0.1) is 18.3 Å². The minimum Gasteiger partial charge on any atom is -0.492 e. The van der Waals surface area contributed by atoms with E-state index in [9.17, 15) is 0 Å². The number of para-hydroxylation sites is 1. The lowest BCUT2D eigenvalue weighted by Crippen LogP contribution is -2.29. The summed E-state index contributed by atoms with van der Waals surface area (Å²) in [6.45, 7) is 4.89. The van der Waals surface area contributed by atoms with Gasteiger partial charge in [-0.2, -0.15) is 0 Å². The van der Waals surface area contributed by atoms with E-state index in [1.807, 2.05) is 6.92 Å². The third kappa shape index (κ3) is 2.42. The first kappa shape index (κ1) is 14.4. The zero-order chi connectivity index (χ0) is 15.8. The molecule has 0 radical (unpaired) electrons. The molecule has 0 saturated carbocycles. The molecule has 23 heavy (non-hydrogen) atoms. The van der Waals surface area contributed by atoms with Crippen LogP contribution in [0.25, 0.3) is 0 Å². The number of fused-ring (bicyclic) bond motifs is 3. The topological polar surface area (TPSA) is 21.3 Å². The highest BCUT2D eigenvalue weighted by molar-refractivity contribution is 5.67. The molecule has 0 aromatic heterocycles.